The number of aryl methyl sites for hydroxylation is 1. The average molecular weight is 931 g/mol. The molecule has 2 aromatic carbocycles. The van der Waals surface area contributed by atoms with E-state index in [1.54, 1.807) is 24.3 Å². The number of nitrogen functional groups attached to an aromatic ring is 1. The Labute approximate surface area is 392 Å². The van der Waals surface area contributed by atoms with Crippen molar-refractivity contribution in [2.45, 2.75) is 84.3 Å². The van der Waals surface area contributed by atoms with Crippen LogP contribution < -0.4 is 27.4 Å². The fourth-order valence-corrected chi connectivity index (χ4v) is 7.61. The van der Waals surface area contributed by atoms with Gasteiger partial charge in [0.05, 0.1) is 56.7 Å². The van der Waals surface area contributed by atoms with E-state index in [9.17, 15) is 24.6 Å². The van der Waals surface area contributed by atoms with Crippen LogP contribution in [0.25, 0.3) is 21.9 Å². The Morgan fingerprint density at radius 3 is 2.31 bits per heavy atom. The molecule has 0 bridgehead atoms. The molecule has 19 nitrogen and oxygen atoms in total. The number of para-hydroxylation sites is 1. The largest absolute Gasteiger partial charge is 0.513 e. The number of nitrogens with zero attached hydrogens (tertiary/aromatic N) is 5. The molecular formula is C48H70N10O9. The lowest BCUT2D eigenvalue weighted by molar-refractivity contribution is -0.139. The smallest absolute Gasteiger partial charge is 0.326 e. The van der Waals surface area contributed by atoms with E-state index < -0.39 is 17.9 Å². The number of aliphatic hydroxyl groups is 1. The van der Waals surface area contributed by atoms with E-state index in [0.29, 0.717) is 90.4 Å². The number of carboxylic acid groups (broad SMARTS) is 1. The van der Waals surface area contributed by atoms with Crippen molar-refractivity contribution in [1.29, 1.82) is 0 Å². The van der Waals surface area contributed by atoms with E-state index in [2.05, 4.69) is 57.3 Å². The van der Waals surface area contributed by atoms with Crippen LogP contribution in [-0.4, -0.2) is 145 Å². The van der Waals surface area contributed by atoms with Gasteiger partial charge >= 0.3 is 5.97 Å². The van der Waals surface area contributed by atoms with E-state index in [1.165, 1.54) is 0 Å². The van der Waals surface area contributed by atoms with E-state index in [-0.39, 0.29) is 41.6 Å². The van der Waals surface area contributed by atoms with Gasteiger partial charge < -0.3 is 66.0 Å². The number of imidazole rings is 1. The Morgan fingerprint density at radius 2 is 1.61 bits per heavy atom. The van der Waals surface area contributed by atoms with Gasteiger partial charge in [-0.1, -0.05) is 45.4 Å². The Kier molecular flexibility index (Phi) is 20.4. The quantitative estimate of drug-likeness (QED) is 0.0277. The number of pyridine rings is 1. The third kappa shape index (κ3) is 15.8. The summed E-state index contributed by atoms with van der Waals surface area (Å²) >= 11 is 0. The molecule has 2 amide bonds. The number of carboxylic acids is 1. The van der Waals surface area contributed by atoms with Crippen LogP contribution in [-0.2, 0) is 41.5 Å². The number of anilines is 2. The number of aliphatic hydroxyl groups excluding tert-OH is 1. The summed E-state index contributed by atoms with van der Waals surface area (Å²) in [5, 5.41) is 28.7. The second-order valence-electron chi connectivity index (χ2n) is 17.4. The van der Waals surface area contributed by atoms with Crippen molar-refractivity contribution in [1.82, 2.24) is 30.1 Å². The Bertz CT molecular complexity index is 2280. The van der Waals surface area contributed by atoms with Gasteiger partial charge in [0, 0.05) is 81.4 Å². The topological polar surface area (TPSA) is 263 Å². The zero-order chi connectivity index (χ0) is 48.2. The number of likely N-dealkylation sites (N-methyl/N-ethyl adjacent to an activating group) is 1. The molecule has 0 spiro atoms. The van der Waals surface area contributed by atoms with Gasteiger partial charge in [-0.25, -0.2) is 14.8 Å². The van der Waals surface area contributed by atoms with Gasteiger partial charge in [0.2, 0.25) is 5.91 Å². The monoisotopic (exact) mass is 931 g/mol. The molecular weight excluding hydrogens is 861 g/mol. The van der Waals surface area contributed by atoms with Crippen molar-refractivity contribution < 1.29 is 43.5 Å². The van der Waals surface area contributed by atoms with Crippen LogP contribution in [0.5, 0.6) is 0 Å². The summed E-state index contributed by atoms with van der Waals surface area (Å²) in [5.74, 6) is -0.351. The van der Waals surface area contributed by atoms with E-state index in [4.69, 9.17) is 35.4 Å². The Hall–Kier alpha value is -6.02. The van der Waals surface area contributed by atoms with Crippen molar-refractivity contribution >= 4 is 57.1 Å². The van der Waals surface area contributed by atoms with Crippen LogP contribution in [0.1, 0.15) is 75.5 Å². The van der Waals surface area contributed by atoms with Crippen LogP contribution in [0.2, 0.25) is 0 Å². The van der Waals surface area contributed by atoms with E-state index in [1.807, 2.05) is 30.1 Å². The molecule has 0 fully saturated rings. The minimum Gasteiger partial charge on any atom is -0.513 e. The van der Waals surface area contributed by atoms with E-state index in [0.717, 1.165) is 71.9 Å². The Balaban J connectivity index is 0.858. The predicted octanol–water partition coefficient (Wildman–Crippen LogP) is 4.64. The maximum atomic E-state index is 12.8. The normalized spacial score (nSPS) is 15.2. The van der Waals surface area contributed by atoms with Gasteiger partial charge in [-0.2, -0.15) is 0 Å². The van der Waals surface area contributed by atoms with Crippen LogP contribution >= 0.6 is 0 Å². The minimum absolute atomic E-state index is 0.0541. The van der Waals surface area contributed by atoms with E-state index >= 15 is 0 Å². The fraction of sp³-hybridized carbons (Fsp3) is 0.542. The van der Waals surface area contributed by atoms with Gasteiger partial charge in [-0.3, -0.25) is 14.6 Å². The van der Waals surface area contributed by atoms with Gasteiger partial charge in [-0.15, -0.1) is 0 Å². The molecule has 0 saturated carbocycles. The lowest BCUT2D eigenvalue weighted by Gasteiger charge is -2.34. The third-order valence-electron chi connectivity index (χ3n) is 11.4. The van der Waals surface area contributed by atoms with Crippen LogP contribution in [0.4, 0.5) is 11.5 Å². The molecule has 0 radical (unpaired) electrons. The van der Waals surface area contributed by atoms with Crippen LogP contribution in [0.3, 0.4) is 0 Å². The maximum absolute atomic E-state index is 12.8. The number of nitrogens with two attached hydrogens (primary N) is 2. The summed E-state index contributed by atoms with van der Waals surface area (Å²) < 4.78 is 25.4. The van der Waals surface area contributed by atoms with Gasteiger partial charge in [0.1, 0.15) is 35.2 Å². The summed E-state index contributed by atoms with van der Waals surface area (Å²) in [6.07, 6.45) is 5.13. The van der Waals surface area contributed by atoms with Crippen LogP contribution in [0, 0.1) is 5.41 Å². The highest BCUT2D eigenvalue weighted by molar-refractivity contribution is 6.06. The second kappa shape index (κ2) is 26.4. The SMILES string of the molecule is CCCCc1nc2c(N)nc3ccccc3c2n1CC(C)(C)COCCCOCCOCCOCCCNC(=O)CCC(NC(=O)c1ccc(NCC2CN=C(N)/C(=C/O)N2C)cc1)C(=O)O. The minimum atomic E-state index is -1.24. The molecule has 1 aliphatic heterocycles. The highest BCUT2D eigenvalue weighted by Crippen LogP contribution is 2.32. The number of carbonyl (C=O) groups is 3. The Morgan fingerprint density at radius 1 is 0.925 bits per heavy atom. The molecule has 5 rings (SSSR count). The number of fused-ring (bicyclic) bond motifs is 3. The molecule has 2 aromatic heterocycles. The number of unbranched alkanes of at least 4 members (excludes halogenated alkanes) is 1. The van der Waals surface area contributed by atoms with Crippen molar-refractivity contribution in [3.8, 4) is 0 Å². The third-order valence-corrected chi connectivity index (χ3v) is 11.4. The molecule has 67 heavy (non-hydrogen) atoms. The highest BCUT2D eigenvalue weighted by atomic mass is 16.5. The summed E-state index contributed by atoms with van der Waals surface area (Å²) in [6.45, 7) is 12.5. The number of aromatic nitrogens is 3. The number of hydrogen-bond donors (Lipinski definition) is 7. The molecule has 9 N–H and O–H groups in total. The molecule has 3 heterocycles. The average Bonchev–Trinajstić information content (AvgIpc) is 3.67. The molecule has 19 heteroatoms. The first-order chi connectivity index (χ1) is 32.3. The molecule has 366 valence electrons. The number of ether oxygens (including phenoxy) is 4. The number of rotatable bonds is 30. The number of benzene rings is 2. The van der Waals surface area contributed by atoms with Crippen molar-refractivity contribution in [3.63, 3.8) is 0 Å². The van der Waals surface area contributed by atoms with Gasteiger partial charge in [-0.05, 0) is 56.0 Å². The molecule has 0 saturated heterocycles. The molecule has 2 unspecified atom stereocenters. The lowest BCUT2D eigenvalue weighted by atomic mass is 9.94. The first kappa shape index (κ1) is 52.0. The number of carbonyl (C=O) groups excluding carboxylic acids is 2. The van der Waals surface area contributed by atoms with Crippen LogP contribution in [0.15, 0.2) is 65.5 Å². The number of amidine groups is 1. The standard InChI is InChI=1S/C48H70N10O9/c1-5-6-13-40-56-42-43(36-11-7-8-12-37(36)54-45(42)50)58(40)31-48(2,3)32-67-23-10-22-65-25-27-66-26-24-64-21-9-20-51-41(60)19-18-38(47(62)63)55-46(61)33-14-16-34(17-15-33)52-28-35-29-53-44(49)39(30-59)57(35)4/h7-8,11-12,14-17,30,35,38,52,59H,5-6,9-10,13,18-29,31-32H2,1-4H3,(H2,49,53)(H2,50,54)(H,51,60)(H,55,61)(H,62,63)/b39-30-. The fourth-order valence-electron chi connectivity index (χ4n) is 7.61. The van der Waals surface area contributed by atoms with Crippen molar-refractivity contribution in [2.75, 3.05) is 90.6 Å². The second-order valence-corrected chi connectivity index (χ2v) is 17.4. The van der Waals surface area contributed by atoms with Gasteiger partial charge in [0.25, 0.3) is 5.91 Å². The summed E-state index contributed by atoms with van der Waals surface area (Å²) in [6, 6.07) is 13.4. The summed E-state index contributed by atoms with van der Waals surface area (Å²) in [7, 11) is 1.81. The number of hydrogen-bond acceptors (Lipinski definition) is 15. The summed E-state index contributed by atoms with van der Waals surface area (Å²) in [5.41, 5.74) is 16.2. The molecule has 0 aliphatic carbocycles. The predicted molar refractivity (Wildman–Crippen MR) is 259 cm³/mol. The number of aliphatic imine (C=N–C) groups is 1. The lowest BCUT2D eigenvalue weighted by Crippen LogP contribution is -2.46. The highest BCUT2D eigenvalue weighted by Gasteiger charge is 2.26. The van der Waals surface area contributed by atoms with Crippen molar-refractivity contribution in [2.24, 2.45) is 16.1 Å². The van der Waals surface area contributed by atoms with Crippen molar-refractivity contribution in [3.05, 3.63) is 71.9 Å². The molecule has 2 atom stereocenters. The molecule has 1 aliphatic rings. The first-order valence-corrected chi connectivity index (χ1v) is 23.2. The maximum Gasteiger partial charge on any atom is 0.326 e. The van der Waals surface area contributed by atoms with Gasteiger partial charge in [0.15, 0.2) is 5.82 Å². The molecule has 4 aromatic rings. The summed E-state index contributed by atoms with van der Waals surface area (Å²) in [4.78, 5) is 52.8. The number of aliphatic carboxylic acids is 1. The number of nitrogens with one attached hydrogen (secondary N) is 3. The number of amides is 2. The zero-order valence-electron chi connectivity index (χ0n) is 39.4. The first-order valence-electron chi connectivity index (χ1n) is 23.2. The zero-order valence-corrected chi connectivity index (χ0v) is 39.4.